The molecule has 1 fully saturated rings. The summed E-state index contributed by atoms with van der Waals surface area (Å²) < 4.78 is 15.4. The molecule has 1 unspecified atom stereocenters. The van der Waals surface area contributed by atoms with Crippen molar-refractivity contribution >= 4 is 16.8 Å². The maximum absolute atomic E-state index is 13.6. The molecule has 23 heavy (non-hydrogen) atoms. The minimum Gasteiger partial charge on any atom is -0.395 e. The number of halogens is 1. The molecule has 2 aromatic rings. The lowest BCUT2D eigenvalue weighted by atomic mass is 10.1. The summed E-state index contributed by atoms with van der Waals surface area (Å²) in [6.45, 7) is 4.87. The molecule has 1 atom stereocenters. The van der Waals surface area contributed by atoms with Gasteiger partial charge >= 0.3 is 0 Å². The molecule has 0 saturated carbocycles. The van der Waals surface area contributed by atoms with Gasteiger partial charge in [0.15, 0.2) is 0 Å². The number of β-amino-alcohol motifs (C(OH)–C–C–N with tert-alkyl or cyclic N) is 1. The van der Waals surface area contributed by atoms with Crippen LogP contribution in [0.3, 0.4) is 0 Å². The molecule has 3 rings (SSSR count). The molecule has 1 N–H and O–H groups in total. The highest BCUT2D eigenvalue weighted by molar-refractivity contribution is 6.07. The van der Waals surface area contributed by atoms with Crippen molar-refractivity contribution in [3.63, 3.8) is 0 Å². The molecule has 1 aromatic carbocycles. The standard InChI is InChI=1S/C17H22FN3O2/c1-12-10-20(7-8-22)5-6-21(12)17(23)15-11-19(2)16-4-3-13(18)9-14(15)16/h3-4,9,11-12,22H,5-8,10H2,1-2H3. The highest BCUT2D eigenvalue weighted by Crippen LogP contribution is 2.24. The zero-order valence-corrected chi connectivity index (χ0v) is 13.5. The van der Waals surface area contributed by atoms with E-state index in [2.05, 4.69) is 4.90 Å². The van der Waals surface area contributed by atoms with Crippen LogP contribution in [-0.4, -0.2) is 64.2 Å². The van der Waals surface area contributed by atoms with Crippen molar-refractivity contribution in [2.75, 3.05) is 32.8 Å². The monoisotopic (exact) mass is 319 g/mol. The molecular formula is C17H22FN3O2. The number of aryl methyl sites for hydroxylation is 1. The Labute approximate surface area is 134 Å². The van der Waals surface area contributed by atoms with E-state index in [1.165, 1.54) is 12.1 Å². The maximum Gasteiger partial charge on any atom is 0.256 e. The second kappa shape index (κ2) is 6.29. The molecule has 1 saturated heterocycles. The van der Waals surface area contributed by atoms with Gasteiger partial charge in [0.1, 0.15) is 5.82 Å². The lowest BCUT2D eigenvalue weighted by Crippen LogP contribution is -2.54. The molecule has 1 amide bonds. The first-order valence-corrected chi connectivity index (χ1v) is 7.90. The van der Waals surface area contributed by atoms with Crippen LogP contribution in [0.1, 0.15) is 17.3 Å². The van der Waals surface area contributed by atoms with Gasteiger partial charge in [-0.05, 0) is 25.1 Å². The van der Waals surface area contributed by atoms with Crippen molar-refractivity contribution in [2.45, 2.75) is 13.0 Å². The lowest BCUT2D eigenvalue weighted by molar-refractivity contribution is 0.0459. The van der Waals surface area contributed by atoms with Gasteiger partial charge < -0.3 is 14.6 Å². The van der Waals surface area contributed by atoms with Crippen LogP contribution in [0.25, 0.3) is 10.9 Å². The van der Waals surface area contributed by atoms with Gasteiger partial charge in [-0.3, -0.25) is 9.69 Å². The number of rotatable bonds is 3. The van der Waals surface area contributed by atoms with Crippen LogP contribution in [0.2, 0.25) is 0 Å². The number of fused-ring (bicyclic) bond motifs is 1. The average Bonchev–Trinajstić information content (AvgIpc) is 2.83. The molecule has 0 spiro atoms. The van der Waals surface area contributed by atoms with Gasteiger partial charge in [0.25, 0.3) is 5.91 Å². The van der Waals surface area contributed by atoms with Crippen LogP contribution in [0.5, 0.6) is 0 Å². The Balaban J connectivity index is 1.88. The van der Waals surface area contributed by atoms with E-state index in [0.29, 0.717) is 24.0 Å². The highest BCUT2D eigenvalue weighted by Gasteiger charge is 2.29. The molecule has 2 heterocycles. The molecule has 1 aliphatic rings. The number of carbonyl (C=O) groups is 1. The molecule has 0 radical (unpaired) electrons. The smallest absolute Gasteiger partial charge is 0.256 e. The van der Waals surface area contributed by atoms with Crippen molar-refractivity contribution in [3.8, 4) is 0 Å². The Hall–Kier alpha value is -1.92. The molecule has 1 aliphatic heterocycles. The predicted octanol–water partition coefficient (Wildman–Crippen LogP) is 1.46. The van der Waals surface area contributed by atoms with Gasteiger partial charge in [-0.2, -0.15) is 0 Å². The molecule has 124 valence electrons. The third kappa shape index (κ3) is 2.96. The number of carbonyl (C=O) groups excluding carboxylic acids is 1. The zero-order valence-electron chi connectivity index (χ0n) is 13.5. The summed E-state index contributed by atoms with van der Waals surface area (Å²) in [5, 5.41) is 9.70. The first-order valence-electron chi connectivity index (χ1n) is 7.90. The van der Waals surface area contributed by atoms with E-state index in [-0.39, 0.29) is 24.4 Å². The van der Waals surface area contributed by atoms with E-state index in [1.807, 2.05) is 23.4 Å². The number of piperazine rings is 1. The topological polar surface area (TPSA) is 48.7 Å². The first-order chi connectivity index (χ1) is 11.0. The van der Waals surface area contributed by atoms with E-state index < -0.39 is 0 Å². The Morgan fingerprint density at radius 2 is 2.17 bits per heavy atom. The van der Waals surface area contributed by atoms with E-state index >= 15 is 0 Å². The van der Waals surface area contributed by atoms with Crippen LogP contribution in [-0.2, 0) is 7.05 Å². The third-order valence-electron chi connectivity index (χ3n) is 4.57. The molecular weight excluding hydrogens is 297 g/mol. The fourth-order valence-electron chi connectivity index (χ4n) is 3.37. The molecule has 0 aliphatic carbocycles. The third-order valence-corrected chi connectivity index (χ3v) is 4.57. The van der Waals surface area contributed by atoms with Crippen molar-refractivity contribution in [2.24, 2.45) is 7.05 Å². The van der Waals surface area contributed by atoms with Crippen molar-refractivity contribution in [1.82, 2.24) is 14.4 Å². The number of nitrogens with zero attached hydrogens (tertiary/aromatic N) is 3. The van der Waals surface area contributed by atoms with Gasteiger partial charge in [-0.15, -0.1) is 0 Å². The minimum absolute atomic E-state index is 0.0580. The second-order valence-electron chi connectivity index (χ2n) is 6.19. The van der Waals surface area contributed by atoms with Gasteiger partial charge in [0, 0.05) is 56.4 Å². The van der Waals surface area contributed by atoms with Crippen LogP contribution in [0.4, 0.5) is 4.39 Å². The summed E-state index contributed by atoms with van der Waals surface area (Å²) in [7, 11) is 1.86. The fraction of sp³-hybridized carbons (Fsp3) is 0.471. The van der Waals surface area contributed by atoms with E-state index in [4.69, 9.17) is 5.11 Å². The van der Waals surface area contributed by atoms with Crippen LogP contribution in [0, 0.1) is 5.82 Å². The Morgan fingerprint density at radius 1 is 1.39 bits per heavy atom. The van der Waals surface area contributed by atoms with E-state index in [1.54, 1.807) is 12.3 Å². The largest absolute Gasteiger partial charge is 0.395 e. The van der Waals surface area contributed by atoms with Gasteiger partial charge in [0.2, 0.25) is 0 Å². The van der Waals surface area contributed by atoms with Crippen LogP contribution >= 0.6 is 0 Å². The molecule has 6 heteroatoms. The maximum atomic E-state index is 13.6. The SMILES string of the molecule is CC1CN(CCO)CCN1C(=O)c1cn(C)c2ccc(F)cc12. The van der Waals surface area contributed by atoms with Crippen molar-refractivity contribution in [3.05, 3.63) is 35.8 Å². The first kappa shape index (κ1) is 16.0. The molecule has 1 aromatic heterocycles. The predicted molar refractivity (Wildman–Crippen MR) is 86.9 cm³/mol. The summed E-state index contributed by atoms with van der Waals surface area (Å²) >= 11 is 0. The Bertz CT molecular complexity index is 728. The van der Waals surface area contributed by atoms with E-state index in [0.717, 1.165) is 18.6 Å². The van der Waals surface area contributed by atoms with Gasteiger partial charge in [-0.1, -0.05) is 0 Å². The quantitative estimate of drug-likeness (QED) is 0.932. The zero-order chi connectivity index (χ0) is 16.6. The molecule has 5 nitrogen and oxygen atoms in total. The summed E-state index contributed by atoms with van der Waals surface area (Å²) in [4.78, 5) is 16.9. The molecule has 0 bridgehead atoms. The number of benzene rings is 1. The number of hydrogen-bond donors (Lipinski definition) is 1. The average molecular weight is 319 g/mol. The highest BCUT2D eigenvalue weighted by atomic mass is 19.1. The van der Waals surface area contributed by atoms with Gasteiger partial charge in [0.05, 0.1) is 12.2 Å². The van der Waals surface area contributed by atoms with Crippen molar-refractivity contribution in [1.29, 1.82) is 0 Å². The number of aromatic nitrogens is 1. The number of hydrogen-bond acceptors (Lipinski definition) is 3. The Morgan fingerprint density at radius 3 is 2.87 bits per heavy atom. The summed E-state index contributed by atoms with van der Waals surface area (Å²) in [5.74, 6) is -0.393. The number of amides is 1. The van der Waals surface area contributed by atoms with Crippen LogP contribution in [0.15, 0.2) is 24.4 Å². The van der Waals surface area contributed by atoms with Gasteiger partial charge in [-0.25, -0.2) is 4.39 Å². The van der Waals surface area contributed by atoms with Crippen molar-refractivity contribution < 1.29 is 14.3 Å². The normalized spacial score (nSPS) is 19.5. The number of aliphatic hydroxyl groups is 1. The Kier molecular flexibility index (Phi) is 4.37. The fourth-order valence-corrected chi connectivity index (χ4v) is 3.37. The van der Waals surface area contributed by atoms with Crippen LogP contribution < -0.4 is 0 Å². The van der Waals surface area contributed by atoms with E-state index in [9.17, 15) is 9.18 Å². The minimum atomic E-state index is -0.335. The summed E-state index contributed by atoms with van der Waals surface area (Å²) in [5.41, 5.74) is 1.39. The number of aliphatic hydroxyl groups excluding tert-OH is 1. The summed E-state index contributed by atoms with van der Waals surface area (Å²) in [6, 6.07) is 4.60. The summed E-state index contributed by atoms with van der Waals surface area (Å²) in [6.07, 6.45) is 1.78. The lowest BCUT2D eigenvalue weighted by Gasteiger charge is -2.39. The second-order valence-corrected chi connectivity index (χ2v) is 6.19.